The van der Waals surface area contributed by atoms with Crippen LogP contribution in [0.3, 0.4) is 0 Å². The molecule has 0 saturated heterocycles. The third kappa shape index (κ3) is 62.6. The van der Waals surface area contributed by atoms with Crippen LogP contribution in [0.1, 0.15) is 380 Å². The fourth-order valence-corrected chi connectivity index (χ4v) is 10.4. The van der Waals surface area contributed by atoms with E-state index in [-0.39, 0.29) is 31.1 Å². The summed E-state index contributed by atoms with van der Waals surface area (Å²) in [4.78, 5) is 38.2. The molecule has 0 aliphatic rings. The van der Waals surface area contributed by atoms with E-state index in [9.17, 15) is 14.4 Å². The Bertz CT molecular complexity index is 1210. The van der Waals surface area contributed by atoms with E-state index in [4.69, 9.17) is 14.2 Å². The van der Waals surface area contributed by atoms with Crippen molar-refractivity contribution in [3.8, 4) is 0 Å². The summed E-state index contributed by atoms with van der Waals surface area (Å²) in [6.45, 7) is 6.63. The van der Waals surface area contributed by atoms with Crippen molar-refractivity contribution >= 4 is 17.9 Å². The highest BCUT2D eigenvalue weighted by atomic mass is 16.6. The molecule has 0 aliphatic heterocycles. The molecule has 0 rings (SSSR count). The maximum Gasteiger partial charge on any atom is 0.306 e. The molecule has 0 heterocycles. The minimum Gasteiger partial charge on any atom is -0.462 e. The summed E-state index contributed by atoms with van der Waals surface area (Å²) >= 11 is 0. The van der Waals surface area contributed by atoms with Gasteiger partial charge in [-0.25, -0.2) is 0 Å². The first-order valence-electron chi connectivity index (χ1n) is 33.8. The summed E-state index contributed by atoms with van der Waals surface area (Å²) in [5.41, 5.74) is 0. The number of carbonyl (C=O) groups excluding carboxylic acids is 3. The van der Waals surface area contributed by atoms with E-state index in [1.807, 2.05) is 0 Å². The lowest BCUT2D eigenvalue weighted by Crippen LogP contribution is -2.30. The van der Waals surface area contributed by atoms with Crippen molar-refractivity contribution in [1.82, 2.24) is 0 Å². The molecule has 6 heteroatoms. The zero-order chi connectivity index (χ0) is 54.3. The highest BCUT2D eigenvalue weighted by Gasteiger charge is 2.19. The molecule has 0 aliphatic carbocycles. The van der Waals surface area contributed by atoms with Gasteiger partial charge in [-0.3, -0.25) is 14.4 Å². The Labute approximate surface area is 468 Å². The molecule has 0 aromatic heterocycles. The van der Waals surface area contributed by atoms with Crippen LogP contribution in [0.25, 0.3) is 0 Å². The topological polar surface area (TPSA) is 78.9 Å². The zero-order valence-electron chi connectivity index (χ0n) is 50.8. The minimum absolute atomic E-state index is 0.0713. The van der Waals surface area contributed by atoms with Crippen molar-refractivity contribution in [1.29, 1.82) is 0 Å². The van der Waals surface area contributed by atoms with Gasteiger partial charge < -0.3 is 14.2 Å². The van der Waals surface area contributed by atoms with Gasteiger partial charge in [0.25, 0.3) is 0 Å². The molecule has 75 heavy (non-hydrogen) atoms. The number of unbranched alkanes of at least 4 members (excludes halogenated alkanes) is 48. The lowest BCUT2D eigenvalue weighted by molar-refractivity contribution is -0.167. The number of rotatable bonds is 63. The molecule has 0 bridgehead atoms. The lowest BCUT2D eigenvalue weighted by Gasteiger charge is -2.18. The molecule has 0 radical (unpaired) electrons. The number of carbonyl (C=O) groups is 3. The third-order valence-electron chi connectivity index (χ3n) is 15.4. The number of ether oxygens (including phenoxy) is 3. The molecule has 0 fully saturated rings. The van der Waals surface area contributed by atoms with E-state index in [1.165, 1.54) is 250 Å². The van der Waals surface area contributed by atoms with Gasteiger partial charge in [-0.15, -0.1) is 0 Å². The first-order chi connectivity index (χ1) is 37.0. The van der Waals surface area contributed by atoms with Gasteiger partial charge in [0.05, 0.1) is 0 Å². The average molecular weight is 1060 g/mol. The lowest BCUT2D eigenvalue weighted by atomic mass is 10.0. The van der Waals surface area contributed by atoms with Crippen molar-refractivity contribution in [3.05, 3.63) is 24.3 Å². The van der Waals surface area contributed by atoms with Gasteiger partial charge in [-0.05, 0) is 44.9 Å². The standard InChI is InChI=1S/C69H130O6/c1-4-7-10-13-16-19-22-25-26-27-28-29-30-31-32-33-34-35-36-37-38-39-40-41-42-45-47-50-53-56-59-62-68(71)74-65-66(75-69(72)63-60-57-54-51-48-44-24-21-18-15-12-9-6-3)64-73-67(70)61-58-55-52-49-46-43-23-20-17-14-11-8-5-2/h12,15,21,24,66H,4-11,13-14,16-20,22-23,25-65H2,1-3H3/b15-12-,24-21-. The number of hydrogen-bond donors (Lipinski definition) is 0. The van der Waals surface area contributed by atoms with Crippen molar-refractivity contribution in [2.45, 2.75) is 386 Å². The van der Waals surface area contributed by atoms with Gasteiger partial charge in [0.15, 0.2) is 6.10 Å². The Balaban J connectivity index is 4.06. The molecule has 0 aromatic rings. The van der Waals surface area contributed by atoms with E-state index < -0.39 is 6.10 Å². The largest absolute Gasteiger partial charge is 0.462 e. The van der Waals surface area contributed by atoms with Crippen LogP contribution < -0.4 is 0 Å². The van der Waals surface area contributed by atoms with Gasteiger partial charge in [0.2, 0.25) is 0 Å². The molecular formula is C69H130O6. The van der Waals surface area contributed by atoms with Crippen LogP contribution in [0, 0.1) is 0 Å². The average Bonchev–Trinajstić information content (AvgIpc) is 3.41. The van der Waals surface area contributed by atoms with E-state index >= 15 is 0 Å². The highest BCUT2D eigenvalue weighted by Crippen LogP contribution is 2.19. The zero-order valence-corrected chi connectivity index (χ0v) is 50.8. The van der Waals surface area contributed by atoms with Crippen LogP contribution >= 0.6 is 0 Å². The molecule has 1 unspecified atom stereocenters. The second kappa shape index (κ2) is 64.4. The van der Waals surface area contributed by atoms with Crippen molar-refractivity contribution in [2.24, 2.45) is 0 Å². The van der Waals surface area contributed by atoms with Gasteiger partial charge in [-0.2, -0.15) is 0 Å². The summed E-state index contributed by atoms with van der Waals surface area (Å²) in [7, 11) is 0. The fourth-order valence-electron chi connectivity index (χ4n) is 10.4. The second-order valence-electron chi connectivity index (χ2n) is 23.1. The van der Waals surface area contributed by atoms with Crippen molar-refractivity contribution < 1.29 is 28.6 Å². The summed E-state index contributed by atoms with van der Waals surface area (Å²) < 4.78 is 16.9. The summed E-state index contributed by atoms with van der Waals surface area (Å²) in [6, 6.07) is 0. The highest BCUT2D eigenvalue weighted by molar-refractivity contribution is 5.71. The van der Waals surface area contributed by atoms with Crippen LogP contribution in [0.2, 0.25) is 0 Å². The Hall–Kier alpha value is -2.11. The van der Waals surface area contributed by atoms with Crippen LogP contribution in [-0.4, -0.2) is 37.2 Å². The predicted octanol–water partition coefficient (Wildman–Crippen LogP) is 23.0. The Morgan fingerprint density at radius 3 is 0.787 bits per heavy atom. The van der Waals surface area contributed by atoms with Gasteiger partial charge >= 0.3 is 17.9 Å². The molecule has 0 aromatic carbocycles. The van der Waals surface area contributed by atoms with E-state index in [2.05, 4.69) is 45.1 Å². The van der Waals surface area contributed by atoms with E-state index in [0.29, 0.717) is 19.3 Å². The predicted molar refractivity (Wildman–Crippen MR) is 326 cm³/mol. The Kier molecular flexibility index (Phi) is 62.6. The molecule has 0 N–H and O–H groups in total. The normalized spacial score (nSPS) is 12.1. The molecule has 442 valence electrons. The summed E-state index contributed by atoms with van der Waals surface area (Å²) in [6.07, 6.45) is 77.9. The minimum atomic E-state index is -0.774. The van der Waals surface area contributed by atoms with Crippen molar-refractivity contribution in [3.63, 3.8) is 0 Å². The number of hydrogen-bond acceptors (Lipinski definition) is 6. The molecule has 0 saturated carbocycles. The fraction of sp³-hybridized carbons (Fsp3) is 0.899. The molecule has 0 amide bonds. The Morgan fingerprint density at radius 1 is 0.267 bits per heavy atom. The monoisotopic (exact) mass is 1050 g/mol. The first-order valence-corrected chi connectivity index (χ1v) is 33.8. The van der Waals surface area contributed by atoms with E-state index in [0.717, 1.165) is 89.9 Å². The van der Waals surface area contributed by atoms with Gasteiger partial charge in [0, 0.05) is 19.3 Å². The first kappa shape index (κ1) is 72.9. The SMILES string of the molecule is CCC/C=C\C/C=C\CCCCCCCC(=O)OC(COC(=O)CCCCCCCCCCCCCCC)COC(=O)CCCCCCCCCCCCCCCCCCCCCCCCCCCCCCCCC. The van der Waals surface area contributed by atoms with Crippen LogP contribution in [0.4, 0.5) is 0 Å². The molecule has 1 atom stereocenters. The quantitative estimate of drug-likeness (QED) is 0.0261. The van der Waals surface area contributed by atoms with Crippen LogP contribution in [-0.2, 0) is 28.6 Å². The Morgan fingerprint density at radius 2 is 0.507 bits per heavy atom. The van der Waals surface area contributed by atoms with Crippen LogP contribution in [0.5, 0.6) is 0 Å². The summed E-state index contributed by atoms with van der Waals surface area (Å²) in [5, 5.41) is 0. The maximum atomic E-state index is 12.9. The number of esters is 3. The molecule has 6 nitrogen and oxygen atoms in total. The van der Waals surface area contributed by atoms with Crippen molar-refractivity contribution in [2.75, 3.05) is 13.2 Å². The number of allylic oxidation sites excluding steroid dienone is 4. The van der Waals surface area contributed by atoms with E-state index in [1.54, 1.807) is 0 Å². The molecular weight excluding hydrogens is 925 g/mol. The second-order valence-corrected chi connectivity index (χ2v) is 23.1. The van der Waals surface area contributed by atoms with Gasteiger partial charge in [0.1, 0.15) is 13.2 Å². The summed E-state index contributed by atoms with van der Waals surface area (Å²) in [5.74, 6) is -0.860. The maximum absolute atomic E-state index is 12.9. The smallest absolute Gasteiger partial charge is 0.306 e. The molecule has 0 spiro atoms. The van der Waals surface area contributed by atoms with Crippen LogP contribution in [0.15, 0.2) is 24.3 Å². The third-order valence-corrected chi connectivity index (χ3v) is 15.4. The van der Waals surface area contributed by atoms with Gasteiger partial charge in [-0.1, -0.05) is 340 Å².